The highest BCUT2D eigenvalue weighted by molar-refractivity contribution is 7.09. The molecule has 0 radical (unpaired) electrons. The van der Waals surface area contributed by atoms with Crippen molar-refractivity contribution in [2.75, 3.05) is 33.0 Å². The highest BCUT2D eigenvalue weighted by Crippen LogP contribution is 2.09. The number of hydrogen-bond donors (Lipinski definition) is 0. The summed E-state index contributed by atoms with van der Waals surface area (Å²) in [5.74, 6) is -0.323. The molecule has 0 saturated heterocycles. The van der Waals surface area contributed by atoms with Gasteiger partial charge in [-0.15, -0.1) is 0 Å². The minimum Gasteiger partial charge on any atom is -0.461 e. The van der Waals surface area contributed by atoms with Crippen molar-refractivity contribution in [1.29, 1.82) is 0 Å². The molecule has 2 atom stereocenters. The Kier molecular flexibility index (Phi) is 15.0. The Bertz CT molecular complexity index is 226. The number of esters is 1. The Labute approximate surface area is 125 Å². The molecule has 0 heterocycles. The fraction of sp³-hybridized carbons (Fsp3) is 0.929. The first-order valence-electron chi connectivity index (χ1n) is 7.43. The van der Waals surface area contributed by atoms with Crippen LogP contribution in [0.1, 0.15) is 46.0 Å². The molecule has 0 aliphatic heterocycles. The summed E-state index contributed by atoms with van der Waals surface area (Å²) in [5.41, 5.74) is 0. The minimum atomic E-state index is -0.489. The standard InChI is InChI=1S/C14H29O5P/c1-3-5-7-13(19-20)14(15)18-12-11-17-10-9-16-8-6-4-2/h13H,3-12,20H2,1-2H3. The van der Waals surface area contributed by atoms with Gasteiger partial charge in [-0.1, -0.05) is 33.1 Å². The molecule has 6 heteroatoms. The highest BCUT2D eigenvalue weighted by atomic mass is 31.0. The van der Waals surface area contributed by atoms with E-state index in [0.717, 1.165) is 32.3 Å². The fourth-order valence-electron chi connectivity index (χ4n) is 1.49. The van der Waals surface area contributed by atoms with Gasteiger partial charge in [-0.3, -0.25) is 0 Å². The predicted molar refractivity (Wildman–Crippen MR) is 81.6 cm³/mol. The predicted octanol–water partition coefficient (Wildman–Crippen LogP) is 2.73. The van der Waals surface area contributed by atoms with E-state index in [1.807, 2.05) is 0 Å². The Balaban J connectivity index is 3.41. The van der Waals surface area contributed by atoms with Gasteiger partial charge >= 0.3 is 5.97 Å². The van der Waals surface area contributed by atoms with E-state index in [4.69, 9.17) is 18.7 Å². The van der Waals surface area contributed by atoms with E-state index in [0.29, 0.717) is 26.2 Å². The van der Waals surface area contributed by atoms with Crippen LogP contribution < -0.4 is 0 Å². The molecule has 5 nitrogen and oxygen atoms in total. The number of carbonyl (C=O) groups is 1. The topological polar surface area (TPSA) is 54.0 Å². The molecular weight excluding hydrogens is 279 g/mol. The maximum Gasteiger partial charge on any atom is 0.335 e. The third-order valence-corrected chi connectivity index (χ3v) is 3.06. The maximum atomic E-state index is 11.6. The van der Waals surface area contributed by atoms with Gasteiger partial charge < -0.3 is 18.7 Å². The van der Waals surface area contributed by atoms with Crippen LogP contribution in [-0.4, -0.2) is 45.1 Å². The molecule has 0 saturated carbocycles. The Morgan fingerprint density at radius 3 is 2.15 bits per heavy atom. The summed E-state index contributed by atoms with van der Waals surface area (Å²) < 4.78 is 20.8. The van der Waals surface area contributed by atoms with Crippen molar-refractivity contribution in [1.82, 2.24) is 0 Å². The Hall–Kier alpha value is -0.220. The Morgan fingerprint density at radius 2 is 1.55 bits per heavy atom. The van der Waals surface area contributed by atoms with Crippen LogP contribution in [0.3, 0.4) is 0 Å². The molecule has 120 valence electrons. The van der Waals surface area contributed by atoms with Gasteiger partial charge in [0.1, 0.15) is 6.61 Å². The molecular formula is C14H29O5P. The van der Waals surface area contributed by atoms with Crippen molar-refractivity contribution in [3.05, 3.63) is 0 Å². The average molecular weight is 308 g/mol. The van der Waals surface area contributed by atoms with E-state index in [9.17, 15) is 4.79 Å². The van der Waals surface area contributed by atoms with E-state index in [-0.39, 0.29) is 12.6 Å². The van der Waals surface area contributed by atoms with Gasteiger partial charge in [-0.2, -0.15) is 0 Å². The molecule has 2 unspecified atom stereocenters. The van der Waals surface area contributed by atoms with Gasteiger partial charge in [0.25, 0.3) is 0 Å². The van der Waals surface area contributed by atoms with Gasteiger partial charge in [0.2, 0.25) is 0 Å². The molecule has 0 fully saturated rings. The summed E-state index contributed by atoms with van der Waals surface area (Å²) in [6, 6.07) is 0. The second-order valence-electron chi connectivity index (χ2n) is 4.51. The van der Waals surface area contributed by atoms with Crippen LogP contribution in [0.5, 0.6) is 0 Å². The van der Waals surface area contributed by atoms with Crippen LogP contribution in [-0.2, 0) is 23.5 Å². The van der Waals surface area contributed by atoms with Crippen molar-refractivity contribution >= 4 is 15.4 Å². The zero-order valence-electron chi connectivity index (χ0n) is 12.8. The van der Waals surface area contributed by atoms with Crippen LogP contribution >= 0.6 is 9.47 Å². The van der Waals surface area contributed by atoms with Gasteiger partial charge in [0.05, 0.1) is 19.8 Å². The molecule has 0 N–H and O–H groups in total. The highest BCUT2D eigenvalue weighted by Gasteiger charge is 2.18. The molecule has 0 aromatic rings. The lowest BCUT2D eigenvalue weighted by Crippen LogP contribution is -2.25. The summed E-state index contributed by atoms with van der Waals surface area (Å²) in [5, 5.41) is 0. The zero-order chi connectivity index (χ0) is 15.1. The van der Waals surface area contributed by atoms with Gasteiger partial charge in [0.15, 0.2) is 6.10 Å². The van der Waals surface area contributed by atoms with Gasteiger partial charge in [-0.25, -0.2) is 4.79 Å². The van der Waals surface area contributed by atoms with Crippen LogP contribution in [0.15, 0.2) is 0 Å². The molecule has 0 amide bonds. The Morgan fingerprint density at radius 1 is 0.950 bits per heavy atom. The maximum absolute atomic E-state index is 11.6. The molecule has 0 aromatic heterocycles. The summed E-state index contributed by atoms with van der Waals surface area (Å²) >= 11 is 0. The van der Waals surface area contributed by atoms with E-state index < -0.39 is 6.10 Å². The molecule has 0 bridgehead atoms. The van der Waals surface area contributed by atoms with E-state index in [1.54, 1.807) is 0 Å². The molecule has 0 aromatic carbocycles. The van der Waals surface area contributed by atoms with Crippen molar-refractivity contribution in [3.8, 4) is 0 Å². The molecule has 0 aliphatic rings. The lowest BCUT2D eigenvalue weighted by atomic mass is 10.2. The summed E-state index contributed by atoms with van der Waals surface area (Å²) in [6.45, 7) is 6.73. The summed E-state index contributed by atoms with van der Waals surface area (Å²) in [4.78, 5) is 11.6. The van der Waals surface area contributed by atoms with Gasteiger partial charge in [-0.05, 0) is 12.8 Å². The molecule has 20 heavy (non-hydrogen) atoms. The lowest BCUT2D eigenvalue weighted by Gasteiger charge is -2.13. The van der Waals surface area contributed by atoms with E-state index in [2.05, 4.69) is 23.3 Å². The van der Waals surface area contributed by atoms with E-state index >= 15 is 0 Å². The third kappa shape index (κ3) is 11.6. The summed E-state index contributed by atoms with van der Waals surface area (Å²) in [7, 11) is 2.12. The van der Waals surface area contributed by atoms with Crippen molar-refractivity contribution < 1.29 is 23.5 Å². The van der Waals surface area contributed by atoms with Crippen molar-refractivity contribution in [2.45, 2.75) is 52.1 Å². The first-order valence-corrected chi connectivity index (χ1v) is 7.91. The second kappa shape index (κ2) is 15.2. The first kappa shape index (κ1) is 19.8. The zero-order valence-corrected chi connectivity index (χ0v) is 13.9. The smallest absolute Gasteiger partial charge is 0.335 e. The normalized spacial score (nSPS) is 12.3. The third-order valence-electron chi connectivity index (χ3n) is 2.73. The van der Waals surface area contributed by atoms with Crippen molar-refractivity contribution in [3.63, 3.8) is 0 Å². The lowest BCUT2D eigenvalue weighted by molar-refractivity contribution is -0.153. The fourth-order valence-corrected chi connectivity index (χ4v) is 1.74. The quantitative estimate of drug-likeness (QED) is 0.280. The molecule has 0 rings (SSSR count). The monoisotopic (exact) mass is 308 g/mol. The first-order chi connectivity index (χ1) is 9.76. The minimum absolute atomic E-state index is 0.254. The second-order valence-corrected chi connectivity index (χ2v) is 4.78. The van der Waals surface area contributed by atoms with Crippen LogP contribution in [0, 0.1) is 0 Å². The molecule has 0 spiro atoms. The average Bonchev–Trinajstić information content (AvgIpc) is 2.46. The SMILES string of the molecule is CCCCOCCOCCOC(=O)C(CCCC)OP. The van der Waals surface area contributed by atoms with Crippen molar-refractivity contribution in [2.24, 2.45) is 0 Å². The number of rotatable bonds is 14. The largest absolute Gasteiger partial charge is 0.461 e. The van der Waals surface area contributed by atoms with Gasteiger partial charge in [0, 0.05) is 16.1 Å². The number of carbonyl (C=O) groups excluding carboxylic acids is 1. The number of ether oxygens (including phenoxy) is 3. The number of hydrogen-bond acceptors (Lipinski definition) is 5. The van der Waals surface area contributed by atoms with Crippen LogP contribution in [0.25, 0.3) is 0 Å². The van der Waals surface area contributed by atoms with E-state index in [1.165, 1.54) is 0 Å². The van der Waals surface area contributed by atoms with Crippen LogP contribution in [0.2, 0.25) is 0 Å². The molecule has 0 aliphatic carbocycles. The number of unbranched alkanes of at least 4 members (excludes halogenated alkanes) is 2. The summed E-state index contributed by atoms with van der Waals surface area (Å²) in [6.07, 6.45) is 4.38. The van der Waals surface area contributed by atoms with Crippen LogP contribution in [0.4, 0.5) is 0 Å².